The third-order valence-electron chi connectivity index (χ3n) is 3.14. The van der Waals surface area contributed by atoms with Crippen molar-refractivity contribution in [2.45, 2.75) is 32.9 Å². The number of carbonyl (C=O) groups is 1. The van der Waals surface area contributed by atoms with E-state index in [1.165, 1.54) is 12.3 Å². The molecule has 0 aliphatic heterocycles. The summed E-state index contributed by atoms with van der Waals surface area (Å²) in [6, 6.07) is 8.27. The van der Waals surface area contributed by atoms with Gasteiger partial charge in [-0.05, 0) is 38.5 Å². The van der Waals surface area contributed by atoms with E-state index in [2.05, 4.69) is 15.6 Å². The van der Waals surface area contributed by atoms with E-state index in [9.17, 15) is 14.9 Å². The van der Waals surface area contributed by atoms with Gasteiger partial charge in [0.1, 0.15) is 13.4 Å². The lowest BCUT2D eigenvalue weighted by molar-refractivity contribution is -0.384. The Balaban J connectivity index is 2.00. The van der Waals surface area contributed by atoms with Gasteiger partial charge >= 0.3 is 11.8 Å². The second-order valence-electron chi connectivity index (χ2n) is 6.57. The highest BCUT2D eigenvalue weighted by Crippen LogP contribution is 2.24. The highest BCUT2D eigenvalue weighted by atomic mass is 16.6. The number of benzene rings is 1. The standard InChI is InChI=1S/C17H19BN4O4/c1-17(2,3)26-16(23)20-9-11-4-6-13(7-5-11)21-15-14(22(24)25)8-12(18)10-19-15/h4-8,10H,9H2,1-3H3,(H,19,21)(H,20,23). The van der Waals surface area contributed by atoms with Gasteiger partial charge in [-0.2, -0.15) is 0 Å². The predicted molar refractivity (Wildman–Crippen MR) is 99.1 cm³/mol. The molecule has 0 spiro atoms. The van der Waals surface area contributed by atoms with E-state index in [1.54, 1.807) is 45.0 Å². The number of hydrogen-bond donors (Lipinski definition) is 2. The van der Waals surface area contributed by atoms with Crippen LogP contribution in [0.4, 0.5) is 22.0 Å². The molecule has 26 heavy (non-hydrogen) atoms. The molecule has 1 aromatic heterocycles. The van der Waals surface area contributed by atoms with Crippen LogP contribution in [-0.4, -0.2) is 29.4 Å². The van der Waals surface area contributed by atoms with Crippen LogP contribution in [0.15, 0.2) is 36.5 Å². The van der Waals surface area contributed by atoms with Gasteiger partial charge in [-0.25, -0.2) is 9.78 Å². The lowest BCUT2D eigenvalue weighted by atomic mass is 9.98. The van der Waals surface area contributed by atoms with Crippen molar-refractivity contribution in [2.75, 3.05) is 5.32 Å². The second-order valence-corrected chi connectivity index (χ2v) is 6.57. The molecule has 1 amide bonds. The van der Waals surface area contributed by atoms with Gasteiger partial charge in [0.2, 0.25) is 5.82 Å². The molecule has 1 heterocycles. The molecule has 2 N–H and O–H groups in total. The van der Waals surface area contributed by atoms with Gasteiger partial charge in [-0.15, -0.1) is 0 Å². The third kappa shape index (κ3) is 5.76. The molecule has 0 saturated heterocycles. The zero-order chi connectivity index (χ0) is 19.3. The number of hydrogen-bond acceptors (Lipinski definition) is 6. The van der Waals surface area contributed by atoms with Crippen LogP contribution in [0.25, 0.3) is 0 Å². The molecule has 2 rings (SSSR count). The van der Waals surface area contributed by atoms with Gasteiger partial charge < -0.3 is 15.4 Å². The highest BCUT2D eigenvalue weighted by Gasteiger charge is 2.16. The number of carbonyl (C=O) groups excluding carboxylic acids is 1. The van der Waals surface area contributed by atoms with Gasteiger partial charge in [0, 0.05) is 24.5 Å². The van der Waals surface area contributed by atoms with Crippen molar-refractivity contribution in [3.8, 4) is 0 Å². The fourth-order valence-electron chi connectivity index (χ4n) is 2.04. The largest absolute Gasteiger partial charge is 0.444 e. The molecule has 0 atom stereocenters. The van der Waals surface area contributed by atoms with Gasteiger partial charge in [0.25, 0.3) is 0 Å². The smallest absolute Gasteiger partial charge is 0.407 e. The van der Waals surface area contributed by atoms with Gasteiger partial charge in [-0.3, -0.25) is 10.1 Å². The summed E-state index contributed by atoms with van der Waals surface area (Å²) in [6.07, 6.45) is 0.843. The average molecular weight is 354 g/mol. The Labute approximate surface area is 152 Å². The van der Waals surface area contributed by atoms with Crippen molar-refractivity contribution < 1.29 is 14.5 Å². The van der Waals surface area contributed by atoms with Crippen LogP contribution >= 0.6 is 0 Å². The van der Waals surface area contributed by atoms with E-state index in [0.717, 1.165) is 5.56 Å². The lowest BCUT2D eigenvalue weighted by Gasteiger charge is -2.19. The van der Waals surface area contributed by atoms with Crippen molar-refractivity contribution >= 4 is 36.6 Å². The van der Waals surface area contributed by atoms with Crippen LogP contribution in [0.1, 0.15) is 26.3 Å². The van der Waals surface area contributed by atoms with Gasteiger partial charge in [0.15, 0.2) is 0 Å². The van der Waals surface area contributed by atoms with Crippen LogP contribution in [0.5, 0.6) is 0 Å². The second kappa shape index (κ2) is 7.86. The molecule has 2 radical (unpaired) electrons. The predicted octanol–water partition coefficient (Wildman–Crippen LogP) is 2.55. The Morgan fingerprint density at radius 3 is 2.54 bits per heavy atom. The molecule has 0 aliphatic carbocycles. The zero-order valence-electron chi connectivity index (χ0n) is 14.8. The molecule has 0 unspecified atom stereocenters. The Morgan fingerprint density at radius 1 is 1.31 bits per heavy atom. The van der Waals surface area contributed by atoms with E-state index in [-0.39, 0.29) is 17.0 Å². The van der Waals surface area contributed by atoms with Crippen molar-refractivity contribution in [2.24, 2.45) is 0 Å². The van der Waals surface area contributed by atoms with Gasteiger partial charge in [-0.1, -0.05) is 17.6 Å². The fourth-order valence-corrected chi connectivity index (χ4v) is 2.04. The Kier molecular flexibility index (Phi) is 5.81. The number of rotatable bonds is 5. The highest BCUT2D eigenvalue weighted by molar-refractivity contribution is 6.32. The molecular formula is C17H19BN4O4. The van der Waals surface area contributed by atoms with E-state index in [4.69, 9.17) is 12.6 Å². The fraction of sp³-hybridized carbons (Fsp3) is 0.294. The number of aromatic nitrogens is 1. The van der Waals surface area contributed by atoms with E-state index >= 15 is 0 Å². The summed E-state index contributed by atoms with van der Waals surface area (Å²) in [7, 11) is 5.54. The summed E-state index contributed by atoms with van der Waals surface area (Å²) in [5.41, 5.74) is 0.914. The minimum absolute atomic E-state index is 0.101. The Hall–Kier alpha value is -3.10. The maximum atomic E-state index is 11.6. The van der Waals surface area contributed by atoms with Crippen LogP contribution in [0.2, 0.25) is 0 Å². The number of amides is 1. The number of ether oxygens (including phenoxy) is 1. The summed E-state index contributed by atoms with van der Waals surface area (Å²) in [4.78, 5) is 26.1. The molecule has 8 nitrogen and oxygen atoms in total. The normalized spacial score (nSPS) is 10.9. The van der Waals surface area contributed by atoms with Crippen molar-refractivity contribution in [1.29, 1.82) is 0 Å². The molecular weight excluding hydrogens is 335 g/mol. The van der Waals surface area contributed by atoms with E-state index < -0.39 is 16.6 Å². The van der Waals surface area contributed by atoms with Gasteiger partial charge in [0.05, 0.1) is 4.92 Å². The van der Waals surface area contributed by atoms with Crippen LogP contribution in [0, 0.1) is 10.1 Å². The molecule has 0 fully saturated rings. The van der Waals surface area contributed by atoms with Crippen molar-refractivity contribution in [3.63, 3.8) is 0 Å². The molecule has 0 saturated carbocycles. The maximum absolute atomic E-state index is 11.6. The van der Waals surface area contributed by atoms with Crippen molar-refractivity contribution in [1.82, 2.24) is 10.3 Å². The monoisotopic (exact) mass is 354 g/mol. The Morgan fingerprint density at radius 2 is 1.96 bits per heavy atom. The van der Waals surface area contributed by atoms with Crippen molar-refractivity contribution in [3.05, 3.63) is 52.2 Å². The minimum atomic E-state index is -0.557. The molecule has 1 aromatic carbocycles. The number of nitrogens with zero attached hydrogens (tertiary/aromatic N) is 2. The first kappa shape index (κ1) is 19.2. The molecule has 134 valence electrons. The topological polar surface area (TPSA) is 106 Å². The zero-order valence-corrected chi connectivity index (χ0v) is 14.8. The summed E-state index contributed by atoms with van der Waals surface area (Å²) >= 11 is 0. The average Bonchev–Trinajstić information content (AvgIpc) is 2.54. The number of alkyl carbamates (subject to hydrolysis) is 1. The first-order chi connectivity index (χ1) is 12.1. The summed E-state index contributed by atoms with van der Waals surface area (Å²) in [5, 5.41) is 16.6. The van der Waals surface area contributed by atoms with E-state index in [0.29, 0.717) is 12.2 Å². The first-order valence-electron chi connectivity index (χ1n) is 7.87. The quantitative estimate of drug-likeness (QED) is 0.486. The lowest BCUT2D eigenvalue weighted by Crippen LogP contribution is -2.32. The maximum Gasteiger partial charge on any atom is 0.407 e. The number of anilines is 2. The number of nitro groups is 1. The SMILES string of the molecule is [B]c1cnc(Nc2ccc(CNC(=O)OC(C)(C)C)cc2)c([N+](=O)[O-])c1. The summed E-state index contributed by atoms with van der Waals surface area (Å²) in [6.45, 7) is 5.67. The molecule has 2 aromatic rings. The minimum Gasteiger partial charge on any atom is -0.444 e. The molecule has 0 bridgehead atoms. The summed E-state index contributed by atoms with van der Waals surface area (Å²) in [5.74, 6) is 0.101. The van der Waals surface area contributed by atoms with Crippen LogP contribution in [0.3, 0.4) is 0 Å². The van der Waals surface area contributed by atoms with Crippen LogP contribution in [-0.2, 0) is 11.3 Å². The third-order valence-corrected chi connectivity index (χ3v) is 3.14. The molecule has 0 aliphatic rings. The van der Waals surface area contributed by atoms with Crippen LogP contribution < -0.4 is 16.1 Å². The number of nitrogens with one attached hydrogen (secondary N) is 2. The number of pyridine rings is 1. The first-order valence-corrected chi connectivity index (χ1v) is 7.87. The summed E-state index contributed by atoms with van der Waals surface area (Å²) < 4.78 is 5.16. The van der Waals surface area contributed by atoms with E-state index in [1.807, 2.05) is 0 Å². The molecule has 9 heteroatoms. The Bertz CT molecular complexity index is 803.